The average Bonchev–Trinajstić information content (AvgIpc) is 2.39. The molecule has 1 heterocycles. The van der Waals surface area contributed by atoms with Gasteiger partial charge >= 0.3 is 0 Å². The van der Waals surface area contributed by atoms with Crippen molar-refractivity contribution in [2.45, 2.75) is 45.4 Å². The van der Waals surface area contributed by atoms with Crippen LogP contribution in [0.15, 0.2) is 10.9 Å². The van der Waals surface area contributed by atoms with E-state index < -0.39 is 0 Å². The number of hydrogen-bond acceptors (Lipinski definition) is 3. The molecule has 0 spiro atoms. The minimum Gasteiger partial charge on any atom is -0.359 e. The van der Waals surface area contributed by atoms with Gasteiger partial charge in [-0.3, -0.25) is 4.79 Å². The Morgan fingerprint density at radius 2 is 2.11 bits per heavy atom. The average molecular weight is 249 g/mol. The highest BCUT2D eigenvalue weighted by Crippen LogP contribution is 2.25. The molecule has 1 aromatic heterocycles. The fourth-order valence-electron chi connectivity index (χ4n) is 2.71. The zero-order chi connectivity index (χ0) is 13.0. The van der Waals surface area contributed by atoms with Crippen LogP contribution in [0.25, 0.3) is 0 Å². The van der Waals surface area contributed by atoms with E-state index in [0.717, 1.165) is 30.5 Å². The summed E-state index contributed by atoms with van der Waals surface area (Å²) in [5, 5.41) is 0. The van der Waals surface area contributed by atoms with E-state index in [1.807, 2.05) is 14.0 Å². The van der Waals surface area contributed by atoms with Gasteiger partial charge in [-0.2, -0.15) is 0 Å². The molecule has 0 saturated heterocycles. The van der Waals surface area contributed by atoms with Gasteiger partial charge in [0.25, 0.3) is 5.56 Å². The van der Waals surface area contributed by atoms with Gasteiger partial charge < -0.3 is 9.88 Å². The van der Waals surface area contributed by atoms with Crippen LogP contribution in [0, 0.1) is 5.92 Å². The molecular weight excluding hydrogens is 226 g/mol. The third-order valence-electron chi connectivity index (χ3n) is 3.76. The van der Waals surface area contributed by atoms with Crippen molar-refractivity contribution in [1.29, 1.82) is 0 Å². The summed E-state index contributed by atoms with van der Waals surface area (Å²) in [6.45, 7) is 3.02. The number of aromatic amines is 1. The summed E-state index contributed by atoms with van der Waals surface area (Å²) in [6, 6.07) is 1.60. The fourth-order valence-corrected chi connectivity index (χ4v) is 2.71. The monoisotopic (exact) mass is 249 g/mol. The Hall–Kier alpha value is -1.32. The molecule has 0 atom stereocenters. The molecule has 1 aliphatic rings. The van der Waals surface area contributed by atoms with Crippen molar-refractivity contribution >= 4 is 5.82 Å². The largest absolute Gasteiger partial charge is 0.359 e. The first-order chi connectivity index (χ1) is 8.69. The van der Waals surface area contributed by atoms with Crippen LogP contribution in [0.3, 0.4) is 0 Å². The van der Waals surface area contributed by atoms with E-state index in [1.54, 1.807) is 6.07 Å². The van der Waals surface area contributed by atoms with Crippen LogP contribution >= 0.6 is 0 Å². The number of anilines is 1. The highest BCUT2D eigenvalue weighted by atomic mass is 16.1. The van der Waals surface area contributed by atoms with Crippen LogP contribution in [0.5, 0.6) is 0 Å². The maximum absolute atomic E-state index is 11.5. The second-order valence-corrected chi connectivity index (χ2v) is 5.29. The zero-order valence-electron chi connectivity index (χ0n) is 11.4. The summed E-state index contributed by atoms with van der Waals surface area (Å²) in [5.41, 5.74) is -0.0488. The minimum atomic E-state index is -0.0488. The third kappa shape index (κ3) is 3.34. The molecule has 0 bridgehead atoms. The smallest absolute Gasteiger partial charge is 0.252 e. The molecule has 1 fully saturated rings. The lowest BCUT2D eigenvalue weighted by atomic mass is 9.89. The lowest BCUT2D eigenvalue weighted by Gasteiger charge is -2.27. The minimum absolute atomic E-state index is 0.0488. The molecule has 18 heavy (non-hydrogen) atoms. The Kier molecular flexibility index (Phi) is 4.39. The number of H-pyrrole nitrogens is 1. The Bertz CT molecular complexity index is 435. The van der Waals surface area contributed by atoms with Crippen molar-refractivity contribution < 1.29 is 0 Å². The van der Waals surface area contributed by atoms with Gasteiger partial charge in [-0.15, -0.1) is 0 Å². The Balaban J connectivity index is 2.05. The van der Waals surface area contributed by atoms with E-state index in [1.165, 1.54) is 32.1 Å². The quantitative estimate of drug-likeness (QED) is 0.891. The van der Waals surface area contributed by atoms with Gasteiger partial charge in [0.1, 0.15) is 11.6 Å². The summed E-state index contributed by atoms with van der Waals surface area (Å²) < 4.78 is 0. The first-order valence-corrected chi connectivity index (χ1v) is 7.00. The second-order valence-electron chi connectivity index (χ2n) is 5.29. The van der Waals surface area contributed by atoms with Crippen LogP contribution in [0.2, 0.25) is 0 Å². The van der Waals surface area contributed by atoms with Crippen LogP contribution < -0.4 is 10.5 Å². The zero-order valence-corrected chi connectivity index (χ0v) is 11.4. The van der Waals surface area contributed by atoms with Gasteiger partial charge in [-0.25, -0.2) is 4.98 Å². The Morgan fingerprint density at radius 3 is 2.78 bits per heavy atom. The van der Waals surface area contributed by atoms with Gasteiger partial charge in [0, 0.05) is 26.1 Å². The predicted octanol–water partition coefficient (Wildman–Crippen LogP) is 2.35. The van der Waals surface area contributed by atoms with Crippen molar-refractivity contribution in [3.8, 4) is 0 Å². The molecule has 1 aromatic rings. The fraction of sp³-hybridized carbons (Fsp3) is 0.714. The normalized spacial score (nSPS) is 16.8. The molecule has 100 valence electrons. The number of rotatable bonds is 4. The molecule has 4 heteroatoms. The second kappa shape index (κ2) is 6.03. The number of aromatic nitrogens is 2. The molecule has 2 rings (SSSR count). The van der Waals surface area contributed by atoms with E-state index in [0.29, 0.717) is 0 Å². The highest BCUT2D eigenvalue weighted by Gasteiger charge is 2.16. The number of nitrogens with zero attached hydrogens (tertiary/aromatic N) is 2. The molecular formula is C14H23N3O. The van der Waals surface area contributed by atoms with Crippen molar-refractivity contribution in [2.24, 2.45) is 5.92 Å². The maximum Gasteiger partial charge on any atom is 0.252 e. The summed E-state index contributed by atoms with van der Waals surface area (Å²) in [6.07, 6.45) is 7.47. The number of hydrogen-bond donors (Lipinski definition) is 1. The van der Waals surface area contributed by atoms with E-state index in [4.69, 9.17) is 0 Å². The van der Waals surface area contributed by atoms with Crippen LogP contribution in [0.1, 0.15) is 44.9 Å². The predicted molar refractivity (Wildman–Crippen MR) is 74.1 cm³/mol. The molecule has 1 aliphatic carbocycles. The van der Waals surface area contributed by atoms with Crippen LogP contribution in [-0.2, 0) is 6.42 Å². The molecule has 4 nitrogen and oxygen atoms in total. The van der Waals surface area contributed by atoms with Gasteiger partial charge in [-0.05, 0) is 18.8 Å². The molecule has 1 N–H and O–H groups in total. The van der Waals surface area contributed by atoms with Crippen LogP contribution in [0.4, 0.5) is 5.82 Å². The molecule has 0 aromatic carbocycles. The molecule has 0 radical (unpaired) electrons. The summed E-state index contributed by atoms with van der Waals surface area (Å²) >= 11 is 0. The van der Waals surface area contributed by atoms with Gasteiger partial charge in [0.2, 0.25) is 0 Å². The van der Waals surface area contributed by atoms with Gasteiger partial charge in [0.05, 0.1) is 0 Å². The Labute approximate surface area is 108 Å². The standard InChI is InChI=1S/C14H23N3O/c1-3-12-15-13(9-14(18)16-12)17(2)10-11-7-5-4-6-8-11/h9,11H,3-8,10H2,1-2H3,(H,15,16,18). The summed E-state index contributed by atoms with van der Waals surface area (Å²) in [7, 11) is 2.04. The van der Waals surface area contributed by atoms with Crippen molar-refractivity contribution in [1.82, 2.24) is 9.97 Å². The maximum atomic E-state index is 11.5. The van der Waals surface area contributed by atoms with Crippen molar-refractivity contribution in [2.75, 3.05) is 18.5 Å². The number of nitrogens with one attached hydrogen (secondary N) is 1. The van der Waals surface area contributed by atoms with E-state index in [9.17, 15) is 4.79 Å². The first kappa shape index (κ1) is 13.1. The lowest BCUT2D eigenvalue weighted by molar-refractivity contribution is 0.361. The molecule has 1 saturated carbocycles. The van der Waals surface area contributed by atoms with E-state index in [2.05, 4.69) is 14.9 Å². The van der Waals surface area contributed by atoms with Gasteiger partial charge in [-0.1, -0.05) is 26.2 Å². The summed E-state index contributed by atoms with van der Waals surface area (Å²) in [5.74, 6) is 2.34. The first-order valence-electron chi connectivity index (χ1n) is 7.00. The van der Waals surface area contributed by atoms with E-state index in [-0.39, 0.29) is 5.56 Å². The highest BCUT2D eigenvalue weighted by molar-refractivity contribution is 5.36. The number of aryl methyl sites for hydroxylation is 1. The lowest BCUT2D eigenvalue weighted by Crippen LogP contribution is -2.29. The molecule has 0 unspecified atom stereocenters. The van der Waals surface area contributed by atoms with Gasteiger partial charge in [0.15, 0.2) is 0 Å². The SMILES string of the molecule is CCc1nc(N(C)CC2CCCCC2)cc(=O)[nH]1. The Morgan fingerprint density at radius 1 is 1.39 bits per heavy atom. The summed E-state index contributed by atoms with van der Waals surface area (Å²) in [4.78, 5) is 20.9. The van der Waals surface area contributed by atoms with Crippen LogP contribution in [-0.4, -0.2) is 23.6 Å². The molecule has 0 aliphatic heterocycles. The topological polar surface area (TPSA) is 49.0 Å². The van der Waals surface area contributed by atoms with Crippen molar-refractivity contribution in [3.05, 3.63) is 22.2 Å². The van der Waals surface area contributed by atoms with E-state index >= 15 is 0 Å². The third-order valence-corrected chi connectivity index (χ3v) is 3.76. The van der Waals surface area contributed by atoms with Crippen molar-refractivity contribution in [3.63, 3.8) is 0 Å². The molecule has 0 amide bonds.